The molecule has 21 heavy (non-hydrogen) atoms. The molecular formula is C16H23N3O2. The molecule has 3 rings (SSSR count). The van der Waals surface area contributed by atoms with Gasteiger partial charge >= 0.3 is 0 Å². The van der Waals surface area contributed by atoms with Crippen molar-refractivity contribution in [1.29, 1.82) is 0 Å². The van der Waals surface area contributed by atoms with E-state index in [2.05, 4.69) is 20.9 Å². The third-order valence-electron chi connectivity index (χ3n) is 3.91. The molecule has 0 saturated carbocycles. The Morgan fingerprint density at radius 1 is 1.48 bits per heavy atom. The van der Waals surface area contributed by atoms with Crippen molar-refractivity contribution in [2.45, 2.75) is 44.9 Å². The molecule has 0 unspecified atom stereocenters. The van der Waals surface area contributed by atoms with Gasteiger partial charge in [0.05, 0.1) is 23.2 Å². The van der Waals surface area contributed by atoms with Crippen molar-refractivity contribution < 1.29 is 9.84 Å². The van der Waals surface area contributed by atoms with Gasteiger partial charge in [0, 0.05) is 19.7 Å². The summed E-state index contributed by atoms with van der Waals surface area (Å²) in [5.41, 5.74) is 2.11. The van der Waals surface area contributed by atoms with Gasteiger partial charge in [0.15, 0.2) is 0 Å². The van der Waals surface area contributed by atoms with E-state index in [1.807, 2.05) is 18.2 Å². The minimum absolute atomic E-state index is 0.371. The second-order valence-corrected chi connectivity index (χ2v) is 5.73. The van der Waals surface area contributed by atoms with Crippen molar-refractivity contribution in [3.05, 3.63) is 24.3 Å². The highest BCUT2D eigenvalue weighted by Crippen LogP contribution is 2.22. The van der Waals surface area contributed by atoms with Gasteiger partial charge in [-0.25, -0.2) is 4.98 Å². The first-order valence-electron chi connectivity index (χ1n) is 7.73. The second kappa shape index (κ2) is 6.45. The average molecular weight is 289 g/mol. The van der Waals surface area contributed by atoms with Crippen LogP contribution < -0.4 is 5.32 Å². The molecule has 0 amide bonds. The molecule has 5 heteroatoms. The Morgan fingerprint density at radius 3 is 3.10 bits per heavy atom. The number of fused-ring (bicyclic) bond motifs is 1. The Morgan fingerprint density at radius 2 is 2.33 bits per heavy atom. The van der Waals surface area contributed by atoms with Crippen molar-refractivity contribution >= 4 is 17.0 Å². The molecule has 5 nitrogen and oxygen atoms in total. The first-order valence-corrected chi connectivity index (χ1v) is 7.73. The number of para-hydroxylation sites is 2. The van der Waals surface area contributed by atoms with E-state index in [4.69, 9.17) is 4.74 Å². The highest BCUT2D eigenvalue weighted by Gasteiger charge is 2.17. The number of aliphatic hydroxyl groups is 1. The van der Waals surface area contributed by atoms with Crippen LogP contribution in [0.3, 0.4) is 0 Å². The van der Waals surface area contributed by atoms with Crippen LogP contribution in [0.4, 0.5) is 5.95 Å². The summed E-state index contributed by atoms with van der Waals surface area (Å²) < 4.78 is 7.90. The fraction of sp³-hybridized carbons (Fsp3) is 0.562. The lowest BCUT2D eigenvalue weighted by Gasteiger charge is -2.14. The number of imidazole rings is 1. The van der Waals surface area contributed by atoms with Crippen molar-refractivity contribution in [2.75, 3.05) is 18.5 Å². The molecular weight excluding hydrogens is 266 g/mol. The number of nitrogens with one attached hydrogen (secondary N) is 1. The van der Waals surface area contributed by atoms with E-state index in [1.54, 1.807) is 6.92 Å². The van der Waals surface area contributed by atoms with Crippen LogP contribution in [0.5, 0.6) is 0 Å². The number of aromatic nitrogens is 2. The zero-order valence-electron chi connectivity index (χ0n) is 12.5. The van der Waals surface area contributed by atoms with Crippen LogP contribution in [0.2, 0.25) is 0 Å². The highest BCUT2D eigenvalue weighted by molar-refractivity contribution is 5.78. The SMILES string of the molecule is C[C@H](O)CNc1nc2ccccc2n1CC[C@@H]1CCCO1. The Labute approximate surface area is 124 Å². The van der Waals surface area contributed by atoms with Gasteiger partial charge in [-0.3, -0.25) is 0 Å². The summed E-state index contributed by atoms with van der Waals surface area (Å²) >= 11 is 0. The second-order valence-electron chi connectivity index (χ2n) is 5.73. The van der Waals surface area contributed by atoms with Gasteiger partial charge in [-0.2, -0.15) is 0 Å². The number of hydrogen-bond acceptors (Lipinski definition) is 4. The van der Waals surface area contributed by atoms with E-state index in [0.29, 0.717) is 12.6 Å². The van der Waals surface area contributed by atoms with Crippen LogP contribution in [0.15, 0.2) is 24.3 Å². The molecule has 2 atom stereocenters. The number of benzene rings is 1. The molecule has 1 aliphatic rings. The van der Waals surface area contributed by atoms with E-state index in [0.717, 1.165) is 43.0 Å². The van der Waals surface area contributed by atoms with Crippen molar-refractivity contribution in [2.24, 2.45) is 0 Å². The molecule has 0 aliphatic carbocycles. The smallest absolute Gasteiger partial charge is 0.203 e. The minimum Gasteiger partial charge on any atom is -0.392 e. The van der Waals surface area contributed by atoms with Gasteiger partial charge < -0.3 is 19.7 Å². The number of rotatable bonds is 6. The number of nitrogens with zero attached hydrogens (tertiary/aromatic N) is 2. The molecule has 1 aromatic heterocycles. The van der Waals surface area contributed by atoms with Gasteiger partial charge in [0.25, 0.3) is 0 Å². The molecule has 114 valence electrons. The first kappa shape index (κ1) is 14.4. The lowest BCUT2D eigenvalue weighted by atomic mass is 10.2. The summed E-state index contributed by atoms with van der Waals surface area (Å²) in [6, 6.07) is 8.14. The Hall–Kier alpha value is -1.59. The van der Waals surface area contributed by atoms with E-state index in [9.17, 15) is 5.11 Å². The zero-order chi connectivity index (χ0) is 14.7. The largest absolute Gasteiger partial charge is 0.392 e. The Kier molecular flexibility index (Phi) is 4.41. The quantitative estimate of drug-likeness (QED) is 0.857. The zero-order valence-corrected chi connectivity index (χ0v) is 12.5. The van der Waals surface area contributed by atoms with Crippen LogP contribution in [0.25, 0.3) is 11.0 Å². The lowest BCUT2D eigenvalue weighted by Crippen LogP contribution is -2.19. The third-order valence-corrected chi connectivity index (χ3v) is 3.91. The summed E-state index contributed by atoms with van der Waals surface area (Å²) in [5.74, 6) is 0.829. The van der Waals surface area contributed by atoms with Crippen LogP contribution in [-0.2, 0) is 11.3 Å². The van der Waals surface area contributed by atoms with E-state index < -0.39 is 6.10 Å². The molecule has 1 aliphatic heterocycles. The topological polar surface area (TPSA) is 59.3 Å². The van der Waals surface area contributed by atoms with Crippen LogP contribution in [0, 0.1) is 0 Å². The molecule has 0 spiro atoms. The van der Waals surface area contributed by atoms with Crippen molar-refractivity contribution in [1.82, 2.24) is 9.55 Å². The van der Waals surface area contributed by atoms with E-state index in [1.165, 1.54) is 6.42 Å². The monoisotopic (exact) mass is 289 g/mol. The summed E-state index contributed by atoms with van der Waals surface area (Å²) in [5, 5.41) is 12.7. The number of ether oxygens (including phenoxy) is 1. The van der Waals surface area contributed by atoms with Crippen molar-refractivity contribution in [3.8, 4) is 0 Å². The van der Waals surface area contributed by atoms with Gasteiger partial charge in [-0.15, -0.1) is 0 Å². The summed E-state index contributed by atoms with van der Waals surface area (Å²) in [6.07, 6.45) is 3.31. The molecule has 1 fully saturated rings. The molecule has 0 bridgehead atoms. The lowest BCUT2D eigenvalue weighted by molar-refractivity contribution is 0.101. The molecule has 0 radical (unpaired) electrons. The van der Waals surface area contributed by atoms with Crippen LogP contribution in [0.1, 0.15) is 26.2 Å². The predicted octanol–water partition coefficient (Wildman–Crippen LogP) is 2.40. The number of aryl methyl sites for hydroxylation is 1. The summed E-state index contributed by atoms with van der Waals surface area (Å²) in [7, 11) is 0. The highest BCUT2D eigenvalue weighted by atomic mass is 16.5. The van der Waals surface area contributed by atoms with E-state index in [-0.39, 0.29) is 0 Å². The van der Waals surface area contributed by atoms with Crippen LogP contribution >= 0.6 is 0 Å². The molecule has 1 saturated heterocycles. The number of anilines is 1. The Balaban J connectivity index is 1.80. The maximum Gasteiger partial charge on any atom is 0.203 e. The van der Waals surface area contributed by atoms with Crippen LogP contribution in [-0.4, -0.2) is 40.0 Å². The maximum absolute atomic E-state index is 9.46. The molecule has 2 N–H and O–H groups in total. The fourth-order valence-electron chi connectivity index (χ4n) is 2.82. The standard InChI is InChI=1S/C16H23N3O2/c1-12(20)11-17-16-18-14-6-2-3-7-15(14)19(16)9-8-13-5-4-10-21-13/h2-3,6-7,12-13,20H,4-5,8-11H2,1H3,(H,17,18)/t12-,13-/m0/s1. The number of aliphatic hydroxyl groups excluding tert-OH is 1. The van der Waals surface area contributed by atoms with Gasteiger partial charge in [0.1, 0.15) is 0 Å². The fourth-order valence-corrected chi connectivity index (χ4v) is 2.82. The normalized spacial score (nSPS) is 20.0. The molecule has 2 aromatic rings. The van der Waals surface area contributed by atoms with Gasteiger partial charge in [-0.05, 0) is 38.3 Å². The maximum atomic E-state index is 9.46. The predicted molar refractivity (Wildman–Crippen MR) is 83.5 cm³/mol. The van der Waals surface area contributed by atoms with E-state index >= 15 is 0 Å². The molecule has 1 aromatic carbocycles. The Bertz CT molecular complexity index is 588. The third kappa shape index (κ3) is 3.36. The van der Waals surface area contributed by atoms with Crippen molar-refractivity contribution in [3.63, 3.8) is 0 Å². The molecule has 2 heterocycles. The minimum atomic E-state index is -0.392. The summed E-state index contributed by atoms with van der Waals surface area (Å²) in [6.45, 7) is 4.05. The van der Waals surface area contributed by atoms with Gasteiger partial charge in [-0.1, -0.05) is 12.1 Å². The first-order chi connectivity index (χ1) is 10.2. The average Bonchev–Trinajstić information content (AvgIpc) is 3.10. The summed E-state index contributed by atoms with van der Waals surface area (Å²) in [4.78, 5) is 4.63. The number of hydrogen-bond donors (Lipinski definition) is 2. The van der Waals surface area contributed by atoms with Gasteiger partial charge in [0.2, 0.25) is 5.95 Å².